The van der Waals surface area contributed by atoms with E-state index < -0.39 is 0 Å². The lowest BCUT2D eigenvalue weighted by molar-refractivity contribution is -0.121. The van der Waals surface area contributed by atoms with Crippen LogP contribution in [0, 0.1) is 0 Å². The van der Waals surface area contributed by atoms with Crippen LogP contribution in [0.3, 0.4) is 0 Å². The summed E-state index contributed by atoms with van der Waals surface area (Å²) in [4.78, 5) is 11.9. The fraction of sp³-hybridized carbons (Fsp3) is 0.500. The van der Waals surface area contributed by atoms with Gasteiger partial charge in [0.2, 0.25) is 0 Å². The number of carbonyl (C=O) groups excluding carboxylic acids is 1. The van der Waals surface area contributed by atoms with Crippen molar-refractivity contribution in [3.8, 4) is 11.5 Å². The van der Waals surface area contributed by atoms with E-state index in [2.05, 4.69) is 0 Å². The van der Waals surface area contributed by atoms with E-state index in [9.17, 15) is 4.79 Å². The van der Waals surface area contributed by atoms with Crippen molar-refractivity contribution in [2.45, 2.75) is 31.6 Å². The van der Waals surface area contributed by atoms with Crippen molar-refractivity contribution in [3.05, 3.63) is 23.8 Å². The van der Waals surface area contributed by atoms with Crippen LogP contribution in [0.5, 0.6) is 11.5 Å². The van der Waals surface area contributed by atoms with Gasteiger partial charge >= 0.3 is 0 Å². The molecule has 0 unspecified atom stereocenters. The number of carbonyl (C=O) groups is 1. The van der Waals surface area contributed by atoms with Gasteiger partial charge in [0.15, 0.2) is 0 Å². The minimum atomic E-state index is 0.0211. The van der Waals surface area contributed by atoms with Crippen molar-refractivity contribution >= 4 is 5.78 Å². The summed E-state index contributed by atoms with van der Waals surface area (Å²) in [7, 11) is 3.25. The highest BCUT2D eigenvalue weighted by atomic mass is 16.5. The molecule has 0 aliphatic heterocycles. The molecule has 1 aromatic rings. The zero-order chi connectivity index (χ0) is 12.3. The molecule has 17 heavy (non-hydrogen) atoms. The summed E-state index contributed by atoms with van der Waals surface area (Å²) in [5, 5.41) is 0. The van der Waals surface area contributed by atoms with Crippen LogP contribution in [-0.2, 0) is 4.79 Å². The molecule has 1 aliphatic rings. The molecule has 1 aromatic carbocycles. The van der Waals surface area contributed by atoms with Gasteiger partial charge in [-0.25, -0.2) is 0 Å². The normalized spacial score (nSPS) is 20.1. The number of ketones is 1. The number of Topliss-reactive ketones (excluding diaryl/α,β-unsaturated/α-hetero) is 1. The van der Waals surface area contributed by atoms with Gasteiger partial charge in [0.25, 0.3) is 0 Å². The van der Waals surface area contributed by atoms with E-state index in [1.165, 1.54) is 0 Å². The second kappa shape index (κ2) is 5.21. The van der Waals surface area contributed by atoms with Crippen LogP contribution in [0.2, 0.25) is 0 Å². The molecule has 0 amide bonds. The highest BCUT2D eigenvalue weighted by Crippen LogP contribution is 2.34. The first-order chi connectivity index (χ1) is 8.24. The molecular formula is C14H18O3. The Balaban J connectivity index is 2.32. The molecule has 3 heteroatoms. The quantitative estimate of drug-likeness (QED) is 0.806. The van der Waals surface area contributed by atoms with E-state index in [0.717, 1.165) is 36.3 Å². The summed E-state index contributed by atoms with van der Waals surface area (Å²) >= 11 is 0. The molecular weight excluding hydrogens is 216 g/mol. The van der Waals surface area contributed by atoms with E-state index in [1.54, 1.807) is 14.2 Å². The van der Waals surface area contributed by atoms with Crippen LogP contribution in [-0.4, -0.2) is 20.0 Å². The smallest absolute Gasteiger partial charge is 0.140 e. The topological polar surface area (TPSA) is 35.5 Å². The van der Waals surface area contributed by atoms with E-state index >= 15 is 0 Å². The molecule has 0 spiro atoms. The fourth-order valence-electron chi connectivity index (χ4n) is 2.37. The maximum Gasteiger partial charge on any atom is 0.140 e. The highest BCUT2D eigenvalue weighted by molar-refractivity contribution is 5.86. The Morgan fingerprint density at radius 3 is 2.24 bits per heavy atom. The molecule has 2 rings (SSSR count). The standard InChI is InChI=1S/C14H18O3/c1-16-11-7-10(8-12(9-11)17-2)13-5-3-4-6-14(13)15/h7-9,13H,3-6H2,1-2H3/t13-/m0/s1. The first-order valence-corrected chi connectivity index (χ1v) is 6.00. The Hall–Kier alpha value is -1.51. The average Bonchev–Trinajstić information content (AvgIpc) is 2.38. The summed E-state index contributed by atoms with van der Waals surface area (Å²) in [6.45, 7) is 0. The van der Waals surface area contributed by atoms with Crippen molar-refractivity contribution < 1.29 is 14.3 Å². The fourth-order valence-corrected chi connectivity index (χ4v) is 2.37. The van der Waals surface area contributed by atoms with E-state index in [1.807, 2.05) is 18.2 Å². The van der Waals surface area contributed by atoms with E-state index in [4.69, 9.17) is 9.47 Å². The summed E-state index contributed by atoms with van der Waals surface area (Å²) < 4.78 is 10.5. The van der Waals surface area contributed by atoms with Gasteiger partial charge < -0.3 is 9.47 Å². The van der Waals surface area contributed by atoms with Gasteiger partial charge in [0.05, 0.1) is 14.2 Å². The van der Waals surface area contributed by atoms with Gasteiger partial charge in [-0.1, -0.05) is 6.42 Å². The second-order valence-corrected chi connectivity index (χ2v) is 4.41. The Morgan fingerprint density at radius 2 is 1.71 bits per heavy atom. The van der Waals surface area contributed by atoms with Crippen molar-refractivity contribution in [3.63, 3.8) is 0 Å². The van der Waals surface area contributed by atoms with Crippen LogP contribution in [0.1, 0.15) is 37.2 Å². The average molecular weight is 234 g/mol. The van der Waals surface area contributed by atoms with Crippen LogP contribution in [0.15, 0.2) is 18.2 Å². The summed E-state index contributed by atoms with van der Waals surface area (Å²) in [5.74, 6) is 1.86. The molecule has 1 atom stereocenters. The van der Waals surface area contributed by atoms with Gasteiger partial charge in [0.1, 0.15) is 17.3 Å². The zero-order valence-electron chi connectivity index (χ0n) is 10.4. The van der Waals surface area contributed by atoms with Crippen LogP contribution in [0.25, 0.3) is 0 Å². The molecule has 0 radical (unpaired) electrons. The minimum Gasteiger partial charge on any atom is -0.497 e. The van der Waals surface area contributed by atoms with Crippen molar-refractivity contribution in [2.75, 3.05) is 14.2 Å². The number of hydrogen-bond donors (Lipinski definition) is 0. The Bertz CT molecular complexity index is 390. The van der Waals surface area contributed by atoms with Gasteiger partial charge in [-0.05, 0) is 30.5 Å². The number of methoxy groups -OCH3 is 2. The van der Waals surface area contributed by atoms with Crippen molar-refractivity contribution in [1.29, 1.82) is 0 Å². The van der Waals surface area contributed by atoms with Crippen LogP contribution >= 0.6 is 0 Å². The molecule has 3 nitrogen and oxygen atoms in total. The summed E-state index contributed by atoms with van der Waals surface area (Å²) in [5.41, 5.74) is 1.02. The second-order valence-electron chi connectivity index (χ2n) is 4.41. The third-order valence-electron chi connectivity index (χ3n) is 3.33. The monoisotopic (exact) mass is 234 g/mol. The number of rotatable bonds is 3. The Morgan fingerprint density at radius 1 is 1.06 bits per heavy atom. The van der Waals surface area contributed by atoms with Gasteiger partial charge in [-0.3, -0.25) is 4.79 Å². The van der Waals surface area contributed by atoms with E-state index in [0.29, 0.717) is 12.2 Å². The zero-order valence-corrected chi connectivity index (χ0v) is 10.4. The Labute approximate surface area is 102 Å². The molecule has 0 saturated heterocycles. The lowest BCUT2D eigenvalue weighted by atomic mass is 9.83. The molecule has 0 bridgehead atoms. The van der Waals surface area contributed by atoms with Gasteiger partial charge in [-0.15, -0.1) is 0 Å². The maximum atomic E-state index is 11.9. The third kappa shape index (κ3) is 2.60. The minimum absolute atomic E-state index is 0.0211. The SMILES string of the molecule is COc1cc(OC)cc([C@@H]2CCCCC2=O)c1. The maximum absolute atomic E-state index is 11.9. The van der Waals surface area contributed by atoms with Gasteiger partial charge in [-0.2, -0.15) is 0 Å². The molecule has 1 saturated carbocycles. The third-order valence-corrected chi connectivity index (χ3v) is 3.33. The van der Waals surface area contributed by atoms with Crippen molar-refractivity contribution in [2.24, 2.45) is 0 Å². The number of benzene rings is 1. The van der Waals surface area contributed by atoms with Gasteiger partial charge in [0, 0.05) is 18.4 Å². The summed E-state index contributed by atoms with van der Waals surface area (Å²) in [6.07, 6.45) is 3.78. The van der Waals surface area contributed by atoms with Crippen LogP contribution in [0.4, 0.5) is 0 Å². The Kier molecular flexibility index (Phi) is 3.67. The number of hydrogen-bond acceptors (Lipinski definition) is 3. The molecule has 0 heterocycles. The molecule has 1 fully saturated rings. The molecule has 0 N–H and O–H groups in total. The highest BCUT2D eigenvalue weighted by Gasteiger charge is 2.24. The summed E-state index contributed by atoms with van der Waals surface area (Å²) in [6, 6.07) is 5.71. The lowest BCUT2D eigenvalue weighted by Gasteiger charge is -2.21. The first-order valence-electron chi connectivity index (χ1n) is 6.00. The first kappa shape index (κ1) is 12.0. The largest absolute Gasteiger partial charge is 0.497 e. The van der Waals surface area contributed by atoms with Crippen molar-refractivity contribution in [1.82, 2.24) is 0 Å². The molecule has 92 valence electrons. The predicted molar refractivity (Wildman–Crippen MR) is 65.8 cm³/mol. The van der Waals surface area contributed by atoms with E-state index in [-0.39, 0.29) is 5.92 Å². The van der Waals surface area contributed by atoms with Crippen LogP contribution < -0.4 is 9.47 Å². The number of ether oxygens (including phenoxy) is 2. The molecule has 1 aliphatic carbocycles. The molecule has 0 aromatic heterocycles. The lowest BCUT2D eigenvalue weighted by Crippen LogP contribution is -2.17. The predicted octanol–water partition coefficient (Wildman–Crippen LogP) is 2.93.